The van der Waals surface area contributed by atoms with Gasteiger partial charge < -0.3 is 23.0 Å². The molecule has 0 N–H and O–H groups in total. The van der Waals surface area contributed by atoms with E-state index < -0.39 is 11.6 Å². The van der Waals surface area contributed by atoms with Gasteiger partial charge in [-0.1, -0.05) is 148 Å². The molecule has 0 bridgehead atoms. The molecular weight excluding hydrogens is 1190 g/mol. The fourth-order valence-corrected chi connectivity index (χ4v) is 19.5. The molecule has 6 nitrogen and oxygen atoms in total. The lowest BCUT2D eigenvalue weighted by molar-refractivity contribution is 0.0300. The molecule has 5 heterocycles. The molecule has 0 unspecified atom stereocenters. The molecule has 4 aliphatic carbocycles. The smallest absolute Gasteiger partial charge is 0.341 e. The normalized spacial score (nSPS) is 18.0. The third-order valence-corrected chi connectivity index (χ3v) is 24.7. The first-order valence-corrected chi connectivity index (χ1v) is 36.3. The Kier molecular flexibility index (Phi) is 17.2. The van der Waals surface area contributed by atoms with Gasteiger partial charge in [-0.15, -0.1) is 0 Å². The highest BCUT2D eigenvalue weighted by Gasteiger charge is 2.50. The molecule has 0 spiro atoms. The maximum Gasteiger partial charge on any atom is 0.341 e. The van der Waals surface area contributed by atoms with E-state index in [2.05, 4.69) is 159 Å². The third kappa shape index (κ3) is 10.2. The molecule has 0 atom stereocenters. The fourth-order valence-electron chi connectivity index (χ4n) is 18.4. The Balaban J connectivity index is 1.18. The van der Waals surface area contributed by atoms with Crippen molar-refractivity contribution >= 4 is 107 Å². The number of esters is 1. The molecule has 4 fully saturated rings. The minimum Gasteiger partial charge on any atom is -0.442 e. The second kappa shape index (κ2) is 25.0. The lowest BCUT2D eigenvalue weighted by Crippen LogP contribution is -2.23. The van der Waals surface area contributed by atoms with Crippen molar-refractivity contribution in [1.82, 2.24) is 18.3 Å². The van der Waals surface area contributed by atoms with Crippen LogP contribution in [0, 0.1) is 27.7 Å². The molecule has 0 amide bonds. The number of carbonyl (C=O) groups excluding carboxylic acids is 1. The van der Waals surface area contributed by atoms with Crippen LogP contribution in [-0.2, 0) is 36.5 Å². The Bertz CT molecular complexity index is 3920. The van der Waals surface area contributed by atoms with Crippen molar-refractivity contribution in [2.45, 2.75) is 239 Å². The van der Waals surface area contributed by atoms with Crippen molar-refractivity contribution in [2.75, 3.05) is 0 Å². The number of aromatic nitrogens is 4. The summed E-state index contributed by atoms with van der Waals surface area (Å²) in [6, 6.07) is 29.3. The van der Waals surface area contributed by atoms with Crippen molar-refractivity contribution < 1.29 is 9.53 Å². The SMILES string of the molecule is CCn1c(C)c(C(=CC2(C=C(c3c(C)n(CC)c4ccc(C5CCCCC5)cc34)c3c(C)n(CC)c4ccc(C5CCCCC5)cc34)OC(=O)c3c(Cl)c(Cl)c(Cl)c(Cl)c32)c2c(C)n(CC)c3ccc(C4CCCCC4)cc23)c2cc(C3CCCCC3)ccc21. The predicted molar refractivity (Wildman–Crippen MR) is 380 cm³/mol. The topological polar surface area (TPSA) is 46.0 Å². The van der Waals surface area contributed by atoms with Crippen LogP contribution in [0.1, 0.15) is 263 Å². The van der Waals surface area contributed by atoms with Crippen LogP contribution in [0.3, 0.4) is 0 Å². The Morgan fingerprint density at radius 1 is 0.411 bits per heavy atom. The number of carbonyl (C=O) groups is 1. The molecule has 470 valence electrons. The molecule has 0 saturated heterocycles. The van der Waals surface area contributed by atoms with E-state index in [1.165, 1.54) is 194 Å². The molecule has 90 heavy (non-hydrogen) atoms. The van der Waals surface area contributed by atoms with Gasteiger partial charge in [0, 0.05) is 120 Å². The van der Waals surface area contributed by atoms with E-state index in [9.17, 15) is 0 Å². The number of ether oxygens (including phenoxy) is 1. The number of hydrogen-bond donors (Lipinski definition) is 0. The summed E-state index contributed by atoms with van der Waals surface area (Å²) in [5, 5.41) is 5.09. The lowest BCUT2D eigenvalue weighted by Gasteiger charge is -2.28. The monoisotopic (exact) mass is 1280 g/mol. The van der Waals surface area contributed by atoms with Crippen LogP contribution in [0.4, 0.5) is 0 Å². The first-order valence-electron chi connectivity index (χ1n) is 34.8. The number of cyclic esters (lactones) is 1. The summed E-state index contributed by atoms with van der Waals surface area (Å²) in [6.45, 7) is 21.4. The highest BCUT2D eigenvalue weighted by Crippen LogP contribution is 2.57. The number of nitrogens with zero attached hydrogens (tertiary/aromatic N) is 4. The molecular formula is C80H90Cl4N4O2. The standard InChI is InChI=1S/C80H90Cl4N4O2/c1-9-85-47(5)69(59-41-55(33-37-65(59)85)51-25-17-13-18-26-51)63(70-48(6)86(10-2)66-38-34-56(42-60(66)70)52-27-19-14-20-28-52)45-80(74-73(79(89)90-80)75(81)77(83)78(84)76(74)82)46-64(71-49(7)87(11-3)67-39-35-57(43-61(67)71)53-29-21-15-22-30-53)72-50(8)88(12-4)68-40-36-58(44-62(68)72)54-31-23-16-24-32-54/h33-46,51-54H,9-32H2,1-8H3. The van der Waals surface area contributed by atoms with E-state index in [0.29, 0.717) is 29.2 Å². The van der Waals surface area contributed by atoms with Crippen molar-refractivity contribution in [1.29, 1.82) is 0 Å². The lowest BCUT2D eigenvalue weighted by atomic mass is 9.79. The number of hydrogen-bond acceptors (Lipinski definition) is 2. The van der Waals surface area contributed by atoms with E-state index in [1.54, 1.807) is 0 Å². The second-order valence-electron chi connectivity index (χ2n) is 27.6. The number of benzene rings is 5. The molecule has 4 aromatic heterocycles. The zero-order valence-electron chi connectivity index (χ0n) is 54.5. The average molecular weight is 1280 g/mol. The van der Waals surface area contributed by atoms with Gasteiger partial charge in [0.05, 0.1) is 25.7 Å². The Morgan fingerprint density at radius 2 is 0.678 bits per heavy atom. The quantitative estimate of drug-likeness (QED) is 0.0619. The minimum absolute atomic E-state index is 0.0339. The summed E-state index contributed by atoms with van der Waals surface area (Å²) in [6.07, 6.45) is 29.1. The molecule has 14 rings (SSSR count). The van der Waals surface area contributed by atoms with Gasteiger partial charge in [-0.05, 0) is 225 Å². The third-order valence-electron chi connectivity index (χ3n) is 22.9. The van der Waals surface area contributed by atoms with E-state index in [1.807, 2.05) is 0 Å². The van der Waals surface area contributed by atoms with E-state index in [-0.39, 0.29) is 25.7 Å². The summed E-state index contributed by atoms with van der Waals surface area (Å²) < 4.78 is 17.5. The van der Waals surface area contributed by atoms with Gasteiger partial charge in [-0.3, -0.25) is 0 Å². The van der Waals surface area contributed by atoms with Crippen LogP contribution in [0.15, 0.2) is 84.9 Å². The van der Waals surface area contributed by atoms with Crippen LogP contribution in [0.2, 0.25) is 20.1 Å². The fraction of sp³-hybridized carbons (Fsp3) is 0.463. The zero-order chi connectivity index (χ0) is 62.4. The highest BCUT2D eigenvalue weighted by molar-refractivity contribution is 6.53. The zero-order valence-corrected chi connectivity index (χ0v) is 57.5. The number of aryl methyl sites for hydroxylation is 4. The van der Waals surface area contributed by atoms with Crippen LogP contribution >= 0.6 is 46.4 Å². The molecule has 1 aliphatic heterocycles. The van der Waals surface area contributed by atoms with Crippen molar-refractivity contribution in [3.05, 3.63) is 183 Å². The summed E-state index contributed by atoms with van der Waals surface area (Å²) in [4.78, 5) is 15.9. The van der Waals surface area contributed by atoms with E-state index in [0.717, 1.165) is 82.4 Å². The number of halogens is 4. The summed E-state index contributed by atoms with van der Waals surface area (Å²) >= 11 is 30.1. The van der Waals surface area contributed by atoms with Gasteiger partial charge >= 0.3 is 5.97 Å². The molecule has 9 aromatic rings. The minimum atomic E-state index is -1.74. The van der Waals surface area contributed by atoms with Gasteiger partial charge in [0.2, 0.25) is 0 Å². The molecule has 5 aromatic carbocycles. The van der Waals surface area contributed by atoms with Gasteiger partial charge in [0.1, 0.15) is 0 Å². The molecule has 5 aliphatic rings. The second-order valence-corrected chi connectivity index (χ2v) is 29.1. The highest BCUT2D eigenvalue weighted by atomic mass is 35.5. The summed E-state index contributed by atoms with van der Waals surface area (Å²) in [7, 11) is 0. The maximum atomic E-state index is 15.9. The van der Waals surface area contributed by atoms with Gasteiger partial charge in [0.25, 0.3) is 0 Å². The van der Waals surface area contributed by atoms with Gasteiger partial charge in [-0.25, -0.2) is 4.79 Å². The van der Waals surface area contributed by atoms with Crippen molar-refractivity contribution in [3.8, 4) is 0 Å². The predicted octanol–water partition coefficient (Wildman–Crippen LogP) is 24.3. The van der Waals surface area contributed by atoms with Crippen LogP contribution in [0.25, 0.3) is 54.8 Å². The average Bonchev–Trinajstić information content (AvgIpc) is 1.60. The Morgan fingerprint density at radius 3 is 0.944 bits per heavy atom. The van der Waals surface area contributed by atoms with Gasteiger partial charge in [-0.2, -0.15) is 0 Å². The number of rotatable bonds is 14. The van der Waals surface area contributed by atoms with Crippen LogP contribution < -0.4 is 0 Å². The first kappa shape index (κ1) is 61.9. The van der Waals surface area contributed by atoms with Crippen molar-refractivity contribution in [2.24, 2.45) is 0 Å². The summed E-state index contributed by atoms with van der Waals surface area (Å²) in [5.41, 5.74) is 20.2. The van der Waals surface area contributed by atoms with Crippen molar-refractivity contribution in [3.63, 3.8) is 0 Å². The van der Waals surface area contributed by atoms with Crippen LogP contribution in [0.5, 0.6) is 0 Å². The Hall–Kier alpha value is -5.63. The molecule has 4 saturated carbocycles. The Labute approximate surface area is 553 Å². The number of fused-ring (bicyclic) bond motifs is 5. The van der Waals surface area contributed by atoms with E-state index in [4.69, 9.17) is 51.1 Å². The first-order chi connectivity index (χ1) is 43.7. The molecule has 10 heteroatoms. The van der Waals surface area contributed by atoms with Gasteiger partial charge in [0.15, 0.2) is 5.60 Å². The largest absolute Gasteiger partial charge is 0.442 e. The van der Waals surface area contributed by atoms with Crippen LogP contribution in [-0.4, -0.2) is 24.2 Å². The van der Waals surface area contributed by atoms with E-state index >= 15 is 4.79 Å². The maximum absolute atomic E-state index is 15.9. The molecule has 0 radical (unpaired) electrons. The summed E-state index contributed by atoms with van der Waals surface area (Å²) in [5.74, 6) is 1.30.